The molecule has 57 heavy (non-hydrogen) atoms. The lowest BCUT2D eigenvalue weighted by Gasteiger charge is -2.30. The molecule has 0 bridgehead atoms. The van der Waals surface area contributed by atoms with Crippen LogP contribution >= 0.6 is 23.2 Å². The Hall–Kier alpha value is -4.12. The minimum atomic E-state index is -3.11. The van der Waals surface area contributed by atoms with Gasteiger partial charge < -0.3 is 33.8 Å². The molecule has 18 heteroatoms. The molecule has 3 atom stereocenters. The average Bonchev–Trinajstić information content (AvgIpc) is 4.07. The van der Waals surface area contributed by atoms with E-state index in [0.717, 1.165) is 42.4 Å². The second-order valence-corrected chi connectivity index (χ2v) is 17.1. The van der Waals surface area contributed by atoms with Gasteiger partial charge in [0.25, 0.3) is 11.3 Å². The van der Waals surface area contributed by atoms with E-state index >= 15 is 0 Å². The number of ether oxygens (including phenoxy) is 5. The Morgan fingerprint density at radius 1 is 0.982 bits per heavy atom. The van der Waals surface area contributed by atoms with Crippen molar-refractivity contribution >= 4 is 57.8 Å². The van der Waals surface area contributed by atoms with Crippen molar-refractivity contribution in [2.75, 3.05) is 35.5 Å². The van der Waals surface area contributed by atoms with Crippen LogP contribution in [0.5, 0.6) is 17.2 Å². The van der Waals surface area contributed by atoms with Gasteiger partial charge in [-0.25, -0.2) is 9.00 Å². The molecule has 1 N–H and O–H groups in total. The highest BCUT2D eigenvalue weighted by Gasteiger charge is 2.36. The van der Waals surface area contributed by atoms with E-state index in [-0.39, 0.29) is 51.9 Å². The zero-order valence-electron chi connectivity index (χ0n) is 31.7. The first kappa shape index (κ1) is 42.5. The van der Waals surface area contributed by atoms with E-state index in [9.17, 15) is 32.3 Å². The van der Waals surface area contributed by atoms with E-state index < -0.39 is 54.1 Å². The number of esters is 2. The lowest BCUT2D eigenvalue weighted by molar-refractivity contribution is -0.605. The van der Waals surface area contributed by atoms with E-state index in [1.807, 2.05) is 0 Å². The number of rotatable bonds is 18. The Bertz CT molecular complexity index is 1940. The summed E-state index contributed by atoms with van der Waals surface area (Å²) in [5.74, 6) is -0.579. The van der Waals surface area contributed by atoms with Crippen molar-refractivity contribution in [3.05, 3.63) is 75.2 Å². The molecule has 1 aromatic heterocycles. The molecule has 3 aliphatic rings. The van der Waals surface area contributed by atoms with Gasteiger partial charge in [-0.15, -0.1) is 0 Å². The van der Waals surface area contributed by atoms with Crippen LogP contribution in [0.1, 0.15) is 76.5 Å². The third kappa shape index (κ3) is 11.7. The fourth-order valence-corrected chi connectivity index (χ4v) is 7.54. The van der Waals surface area contributed by atoms with Gasteiger partial charge in [-0.3, -0.25) is 13.7 Å². The zero-order valence-corrected chi connectivity index (χ0v) is 34.0. The maximum absolute atomic E-state index is 14.3. The highest BCUT2D eigenvalue weighted by atomic mass is 35.5. The van der Waals surface area contributed by atoms with Crippen LogP contribution in [-0.4, -0.2) is 65.3 Å². The number of halogens is 4. The molecule has 0 spiro atoms. The summed E-state index contributed by atoms with van der Waals surface area (Å²) in [6.07, 6.45) is 5.93. The Morgan fingerprint density at radius 3 is 2.21 bits per heavy atom. The van der Waals surface area contributed by atoms with Crippen molar-refractivity contribution in [1.82, 2.24) is 0 Å². The van der Waals surface area contributed by atoms with Gasteiger partial charge in [0, 0.05) is 24.2 Å². The number of benzene rings is 2. The maximum Gasteiger partial charge on any atom is 0.387 e. The van der Waals surface area contributed by atoms with Crippen molar-refractivity contribution in [2.24, 2.45) is 11.8 Å². The predicted molar refractivity (Wildman–Crippen MR) is 208 cm³/mol. The Labute approximate surface area is 342 Å². The normalized spacial score (nSPS) is 17.9. The average molecular weight is 857 g/mol. The minimum Gasteiger partial charge on any atom is -0.619 e. The minimum absolute atomic E-state index is 0.0256. The number of hydrogen-bond donors (Lipinski definition) is 1. The summed E-state index contributed by atoms with van der Waals surface area (Å²) in [6, 6.07) is 8.39. The summed E-state index contributed by atoms with van der Waals surface area (Å²) in [4.78, 5) is 29.0. The van der Waals surface area contributed by atoms with Crippen LogP contribution in [0.2, 0.25) is 10.0 Å². The fraction of sp³-hybridized carbons (Fsp3) is 0.513. The van der Waals surface area contributed by atoms with Crippen LogP contribution in [-0.2, 0) is 36.8 Å². The molecule has 1 saturated heterocycles. The molecule has 2 saturated carbocycles. The standard InChI is InChI=1S/C39H45Cl2F2N3O10S/c1-39(2,3)56-36(47)20-46(57(50)51)31-16-26(11-13-32(31)52-21-23-6-7-23)45-14-4-5-30(45)37(48)54-34(17-27-28(40)18-44(49)19-29(27)41)25-10-12-33(55-38(42)43)35(15-25)53-22-24-8-9-24/h10-13,15-16,18-19,23-24,30,34,38H,4-9,14,17,20-22H2,1-3H3,(H,50,51)/t30-,34-/m0/s1. The van der Waals surface area contributed by atoms with Crippen molar-refractivity contribution in [1.29, 1.82) is 0 Å². The van der Waals surface area contributed by atoms with Crippen LogP contribution < -0.4 is 28.1 Å². The molecule has 1 aliphatic heterocycles. The van der Waals surface area contributed by atoms with Gasteiger partial charge in [0.05, 0.1) is 18.9 Å². The molecule has 6 rings (SSSR count). The molecule has 3 aromatic rings. The summed E-state index contributed by atoms with van der Waals surface area (Å²) in [6.45, 7) is 2.50. The molecule has 2 aliphatic carbocycles. The van der Waals surface area contributed by atoms with Gasteiger partial charge in [0.15, 0.2) is 23.9 Å². The number of alkyl halides is 2. The maximum atomic E-state index is 14.3. The van der Waals surface area contributed by atoms with E-state index in [4.69, 9.17) is 46.9 Å². The van der Waals surface area contributed by atoms with Crippen molar-refractivity contribution in [3.63, 3.8) is 0 Å². The molecule has 3 fully saturated rings. The molecule has 310 valence electrons. The highest BCUT2D eigenvalue weighted by Crippen LogP contribution is 2.41. The molecule has 2 heterocycles. The SMILES string of the molecule is CC(C)(C)OC(=O)CN(c1cc(N2CCC[C@H]2C(=O)O[C@@H](Cc2c(Cl)c[n+]([O-])cc2Cl)c2ccc(OC(F)F)c(OCC3CC3)c2)ccc1OCC1CC1)S(=O)O. The van der Waals surface area contributed by atoms with Crippen LogP contribution in [0, 0.1) is 17.0 Å². The molecule has 0 amide bonds. The lowest BCUT2D eigenvalue weighted by atomic mass is 10.0. The van der Waals surface area contributed by atoms with Crippen molar-refractivity contribution in [3.8, 4) is 17.2 Å². The first-order chi connectivity index (χ1) is 27.0. The Kier molecular flexibility index (Phi) is 13.6. The lowest BCUT2D eigenvalue weighted by Crippen LogP contribution is -2.39. The summed E-state index contributed by atoms with van der Waals surface area (Å²) in [5.41, 5.74) is 0.501. The quantitative estimate of drug-likeness (QED) is 0.0584. The number of anilines is 2. The molecule has 13 nitrogen and oxygen atoms in total. The monoisotopic (exact) mass is 855 g/mol. The fourth-order valence-electron chi connectivity index (χ4n) is 6.41. The summed E-state index contributed by atoms with van der Waals surface area (Å²) >= 11 is 10.2. The smallest absolute Gasteiger partial charge is 0.387 e. The molecule has 2 aromatic carbocycles. The highest BCUT2D eigenvalue weighted by molar-refractivity contribution is 7.80. The van der Waals surface area contributed by atoms with E-state index in [2.05, 4.69) is 0 Å². The van der Waals surface area contributed by atoms with Gasteiger partial charge in [0.2, 0.25) is 0 Å². The van der Waals surface area contributed by atoms with Gasteiger partial charge in [-0.2, -0.15) is 13.5 Å². The van der Waals surface area contributed by atoms with E-state index in [1.54, 1.807) is 43.9 Å². The van der Waals surface area contributed by atoms with E-state index in [1.165, 1.54) is 18.2 Å². The summed E-state index contributed by atoms with van der Waals surface area (Å²) in [7, 11) is 0. The third-order valence-electron chi connectivity index (χ3n) is 9.55. The number of nitrogens with zero attached hydrogens (tertiary/aromatic N) is 3. The first-order valence-electron chi connectivity index (χ1n) is 18.7. The molecular weight excluding hydrogens is 811 g/mol. The van der Waals surface area contributed by atoms with E-state index in [0.29, 0.717) is 53.5 Å². The van der Waals surface area contributed by atoms with Crippen LogP contribution in [0.25, 0.3) is 0 Å². The number of aromatic nitrogens is 1. The van der Waals surface area contributed by atoms with Crippen molar-refractivity contribution in [2.45, 2.75) is 90.1 Å². The van der Waals surface area contributed by atoms with Gasteiger partial charge >= 0.3 is 18.6 Å². The number of carbonyl (C=O) groups is 2. The third-order valence-corrected chi connectivity index (χ3v) is 10.9. The molecular formula is C39H45Cl2F2N3O10S. The van der Waals surface area contributed by atoms with Crippen molar-refractivity contribution < 1.29 is 55.5 Å². The molecule has 1 unspecified atom stereocenters. The van der Waals surface area contributed by atoms with Gasteiger partial charge in [0.1, 0.15) is 40.1 Å². The summed E-state index contributed by atoms with van der Waals surface area (Å²) in [5, 5.41) is 12.1. The molecule has 0 radical (unpaired) electrons. The number of carbonyl (C=O) groups excluding carboxylic acids is 2. The zero-order chi connectivity index (χ0) is 41.0. The largest absolute Gasteiger partial charge is 0.619 e. The van der Waals surface area contributed by atoms with Crippen LogP contribution in [0.15, 0.2) is 48.8 Å². The van der Waals surface area contributed by atoms with Crippen LogP contribution in [0.3, 0.4) is 0 Å². The topological polar surface area (TPSA) is 151 Å². The first-order valence-corrected chi connectivity index (χ1v) is 20.5. The second kappa shape index (κ2) is 18.2. The van der Waals surface area contributed by atoms with Crippen LogP contribution in [0.4, 0.5) is 20.2 Å². The van der Waals surface area contributed by atoms with Gasteiger partial charge in [-0.05, 0) is 107 Å². The Morgan fingerprint density at radius 2 is 1.61 bits per heavy atom. The van der Waals surface area contributed by atoms with Gasteiger partial charge in [-0.1, -0.05) is 29.3 Å². The number of hydrogen-bond acceptors (Lipinski definition) is 10. The Balaban J connectivity index is 1.31. The summed E-state index contributed by atoms with van der Waals surface area (Å²) < 4.78 is 79.6. The number of pyridine rings is 1. The predicted octanol–water partition coefficient (Wildman–Crippen LogP) is 7.59. The second-order valence-electron chi connectivity index (χ2n) is 15.4.